The van der Waals surface area contributed by atoms with Gasteiger partial charge < -0.3 is 10.2 Å². The zero-order valence-electron chi connectivity index (χ0n) is 14.8. The van der Waals surface area contributed by atoms with Gasteiger partial charge in [0.25, 0.3) is 0 Å². The van der Waals surface area contributed by atoms with Crippen LogP contribution < -0.4 is 10.2 Å². The largest absolute Gasteiger partial charge is 0.367 e. The smallest absolute Gasteiger partial charge is 0.221 e. The van der Waals surface area contributed by atoms with Gasteiger partial charge in [0.15, 0.2) is 0 Å². The maximum Gasteiger partial charge on any atom is 0.221 e. The van der Waals surface area contributed by atoms with Crippen molar-refractivity contribution in [2.45, 2.75) is 31.2 Å². The lowest BCUT2D eigenvalue weighted by Crippen LogP contribution is -2.48. The lowest BCUT2D eigenvalue weighted by Gasteiger charge is -2.34. The molecule has 1 saturated heterocycles. The lowest BCUT2D eigenvalue weighted by atomic mass is 9.95. The van der Waals surface area contributed by atoms with Crippen LogP contribution in [0.5, 0.6) is 0 Å². The van der Waals surface area contributed by atoms with Crippen molar-refractivity contribution in [3.63, 3.8) is 0 Å². The average molecular weight is 338 g/mol. The molecule has 25 heavy (non-hydrogen) atoms. The van der Waals surface area contributed by atoms with E-state index >= 15 is 0 Å². The van der Waals surface area contributed by atoms with Crippen LogP contribution in [0.2, 0.25) is 0 Å². The first-order chi connectivity index (χ1) is 12.2. The van der Waals surface area contributed by atoms with Crippen LogP contribution in [0.1, 0.15) is 30.7 Å². The fourth-order valence-corrected chi connectivity index (χ4v) is 3.42. The van der Waals surface area contributed by atoms with Crippen molar-refractivity contribution >= 4 is 11.6 Å². The minimum absolute atomic E-state index is 0.0548. The van der Waals surface area contributed by atoms with Gasteiger partial charge in [-0.2, -0.15) is 5.10 Å². The first kappa shape index (κ1) is 17.3. The van der Waals surface area contributed by atoms with Crippen LogP contribution >= 0.6 is 0 Å². The number of aromatic nitrogens is 2. The molecular weight excluding hydrogens is 312 g/mol. The number of benzene rings is 1. The molecule has 0 radical (unpaired) electrons. The third kappa shape index (κ3) is 4.50. The van der Waals surface area contributed by atoms with E-state index in [9.17, 15) is 4.79 Å². The Morgan fingerprint density at radius 1 is 1.44 bits per heavy atom. The number of hydrogen-bond donors (Lipinski definition) is 1. The van der Waals surface area contributed by atoms with Crippen molar-refractivity contribution in [2.24, 2.45) is 7.05 Å². The third-order valence-electron chi connectivity index (χ3n) is 4.76. The van der Waals surface area contributed by atoms with E-state index in [0.717, 1.165) is 37.2 Å². The van der Waals surface area contributed by atoms with Gasteiger partial charge in [0.2, 0.25) is 5.91 Å². The number of nitrogens with one attached hydrogen (secondary N) is 1. The van der Waals surface area contributed by atoms with Crippen LogP contribution in [0.4, 0.5) is 5.69 Å². The number of aryl methyl sites for hydroxylation is 1. The first-order valence-corrected chi connectivity index (χ1v) is 8.86. The van der Waals surface area contributed by atoms with Crippen LogP contribution in [0.25, 0.3) is 0 Å². The zero-order valence-corrected chi connectivity index (χ0v) is 14.8. The number of piperidine rings is 1. The average Bonchev–Trinajstić information content (AvgIpc) is 3.07. The molecule has 1 aliphatic heterocycles. The summed E-state index contributed by atoms with van der Waals surface area (Å²) in [4.78, 5) is 14.8. The van der Waals surface area contributed by atoms with Gasteiger partial charge in [-0.25, -0.2) is 0 Å². The minimum Gasteiger partial charge on any atom is -0.367 e. The number of nitrogens with zero attached hydrogens (tertiary/aromatic N) is 3. The Labute approximate surface area is 149 Å². The van der Waals surface area contributed by atoms with Crippen LogP contribution in [0.15, 0.2) is 55.4 Å². The fourth-order valence-electron chi connectivity index (χ4n) is 3.42. The molecule has 5 heteroatoms. The van der Waals surface area contributed by atoms with E-state index in [4.69, 9.17) is 0 Å². The Kier molecular flexibility index (Phi) is 5.53. The van der Waals surface area contributed by atoms with Gasteiger partial charge in [-0.15, -0.1) is 6.58 Å². The second kappa shape index (κ2) is 8.01. The molecule has 1 N–H and O–H groups in total. The molecule has 1 aliphatic rings. The number of hydrogen-bond acceptors (Lipinski definition) is 3. The third-order valence-corrected chi connectivity index (χ3v) is 4.76. The van der Waals surface area contributed by atoms with E-state index in [0.29, 0.717) is 6.42 Å². The maximum atomic E-state index is 12.5. The Balaban J connectivity index is 1.56. The molecule has 0 spiro atoms. The van der Waals surface area contributed by atoms with E-state index in [1.165, 1.54) is 0 Å². The van der Waals surface area contributed by atoms with E-state index in [2.05, 4.69) is 21.9 Å². The van der Waals surface area contributed by atoms with Gasteiger partial charge in [-0.3, -0.25) is 9.48 Å². The molecule has 1 fully saturated rings. The predicted molar refractivity (Wildman–Crippen MR) is 101 cm³/mol. The summed E-state index contributed by atoms with van der Waals surface area (Å²) in [6, 6.07) is 10.3. The normalized spacial score (nSPS) is 18.6. The quantitative estimate of drug-likeness (QED) is 0.824. The molecule has 1 aromatic carbocycles. The van der Waals surface area contributed by atoms with Crippen LogP contribution in [0.3, 0.4) is 0 Å². The maximum absolute atomic E-state index is 12.5. The number of carbonyl (C=O) groups excluding carboxylic acids is 1. The summed E-state index contributed by atoms with van der Waals surface area (Å²) < 4.78 is 1.81. The van der Waals surface area contributed by atoms with E-state index in [1.54, 1.807) is 0 Å². The molecule has 0 bridgehead atoms. The molecule has 132 valence electrons. The van der Waals surface area contributed by atoms with Crippen molar-refractivity contribution < 1.29 is 4.79 Å². The van der Waals surface area contributed by atoms with Gasteiger partial charge in [0.1, 0.15) is 0 Å². The number of anilines is 1. The summed E-state index contributed by atoms with van der Waals surface area (Å²) >= 11 is 0. The van der Waals surface area contributed by atoms with Crippen molar-refractivity contribution in [1.29, 1.82) is 0 Å². The lowest BCUT2D eigenvalue weighted by molar-refractivity contribution is -0.122. The van der Waals surface area contributed by atoms with Gasteiger partial charge in [-0.1, -0.05) is 36.4 Å². The summed E-state index contributed by atoms with van der Waals surface area (Å²) in [5.41, 5.74) is 2.25. The predicted octanol–water partition coefficient (Wildman–Crippen LogP) is 2.87. The molecule has 2 heterocycles. The summed E-state index contributed by atoms with van der Waals surface area (Å²) in [5, 5.41) is 7.44. The molecule has 1 amide bonds. The van der Waals surface area contributed by atoms with Gasteiger partial charge in [0.05, 0.1) is 11.9 Å². The monoisotopic (exact) mass is 338 g/mol. The molecule has 5 nitrogen and oxygen atoms in total. The summed E-state index contributed by atoms with van der Waals surface area (Å²) in [6.07, 6.45) is 8.30. The second-order valence-electron chi connectivity index (χ2n) is 6.68. The topological polar surface area (TPSA) is 50.2 Å². The fraction of sp³-hybridized carbons (Fsp3) is 0.400. The van der Waals surface area contributed by atoms with Crippen molar-refractivity contribution in [1.82, 2.24) is 15.1 Å². The van der Waals surface area contributed by atoms with E-state index in [-0.39, 0.29) is 17.9 Å². The Bertz CT molecular complexity index is 709. The standard InChI is InChI=1S/C20H26N4O/c1-3-16(17-8-5-4-6-9-17)12-20(25)22-18-10-7-11-24(14-18)19-13-21-23(2)15-19/h3-6,8-9,13,15-16,18H,1,7,10-12,14H2,2H3,(H,22,25)/t16-,18-/m1/s1. The van der Waals surface area contributed by atoms with Crippen molar-refractivity contribution in [2.75, 3.05) is 18.0 Å². The number of allylic oxidation sites excluding steroid dienone is 1. The zero-order chi connectivity index (χ0) is 17.6. The first-order valence-electron chi connectivity index (χ1n) is 8.86. The van der Waals surface area contributed by atoms with E-state index in [1.807, 2.05) is 60.5 Å². The molecule has 0 aliphatic carbocycles. The van der Waals surface area contributed by atoms with Crippen LogP contribution in [-0.4, -0.2) is 34.8 Å². The van der Waals surface area contributed by atoms with Crippen molar-refractivity contribution in [3.8, 4) is 0 Å². The summed E-state index contributed by atoms with van der Waals surface area (Å²) in [7, 11) is 1.92. The second-order valence-corrected chi connectivity index (χ2v) is 6.68. The highest BCUT2D eigenvalue weighted by atomic mass is 16.1. The number of amides is 1. The molecule has 0 unspecified atom stereocenters. The van der Waals surface area contributed by atoms with Crippen LogP contribution in [-0.2, 0) is 11.8 Å². The van der Waals surface area contributed by atoms with Gasteiger partial charge in [0, 0.05) is 44.7 Å². The number of carbonyl (C=O) groups is 1. The molecule has 0 saturated carbocycles. The highest BCUT2D eigenvalue weighted by Gasteiger charge is 2.23. The van der Waals surface area contributed by atoms with Crippen molar-refractivity contribution in [3.05, 3.63) is 60.9 Å². The highest BCUT2D eigenvalue weighted by Crippen LogP contribution is 2.22. The van der Waals surface area contributed by atoms with Crippen LogP contribution in [0, 0.1) is 0 Å². The molecule has 2 atom stereocenters. The Morgan fingerprint density at radius 2 is 2.24 bits per heavy atom. The molecule has 1 aromatic heterocycles. The summed E-state index contributed by atoms with van der Waals surface area (Å²) in [5.74, 6) is 0.144. The van der Waals surface area contributed by atoms with E-state index < -0.39 is 0 Å². The summed E-state index contributed by atoms with van der Waals surface area (Å²) in [6.45, 7) is 5.74. The minimum atomic E-state index is 0.0548. The molecular formula is C20H26N4O. The number of rotatable bonds is 6. The highest BCUT2D eigenvalue weighted by molar-refractivity contribution is 5.77. The molecule has 3 rings (SSSR count). The van der Waals surface area contributed by atoms with Gasteiger partial charge >= 0.3 is 0 Å². The van der Waals surface area contributed by atoms with Gasteiger partial charge in [-0.05, 0) is 18.4 Å². The Hall–Kier alpha value is -2.56. The Morgan fingerprint density at radius 3 is 2.92 bits per heavy atom. The SMILES string of the molecule is C=C[C@H](CC(=O)N[C@@H]1CCCN(c2cnn(C)c2)C1)c1ccccc1. The molecule has 2 aromatic rings.